The summed E-state index contributed by atoms with van der Waals surface area (Å²) >= 11 is 0. The van der Waals surface area contributed by atoms with Gasteiger partial charge in [0.1, 0.15) is 11.4 Å². The Labute approximate surface area is 143 Å². The highest BCUT2D eigenvalue weighted by Gasteiger charge is 2.26. The van der Waals surface area contributed by atoms with Gasteiger partial charge in [-0.1, -0.05) is 6.07 Å². The fraction of sp³-hybridized carbons (Fsp3) is 0.611. The lowest BCUT2D eigenvalue weighted by Crippen LogP contribution is -2.50. The van der Waals surface area contributed by atoms with E-state index in [1.165, 1.54) is 6.07 Å². The molecule has 0 aromatic heterocycles. The summed E-state index contributed by atoms with van der Waals surface area (Å²) in [5.74, 6) is -0.249. The minimum atomic E-state index is -0.506. The van der Waals surface area contributed by atoms with E-state index in [9.17, 15) is 9.18 Å². The van der Waals surface area contributed by atoms with Crippen LogP contribution in [0.2, 0.25) is 0 Å². The van der Waals surface area contributed by atoms with Gasteiger partial charge in [-0.3, -0.25) is 0 Å². The van der Waals surface area contributed by atoms with E-state index in [1.807, 2.05) is 38.7 Å². The first kappa shape index (κ1) is 18.5. The molecule has 0 N–H and O–H groups in total. The van der Waals surface area contributed by atoms with Gasteiger partial charge >= 0.3 is 6.09 Å². The van der Waals surface area contributed by atoms with Crippen LogP contribution in [0.15, 0.2) is 18.2 Å². The molecule has 1 fully saturated rings. The fourth-order valence-electron chi connectivity index (χ4n) is 2.57. The number of halogens is 1. The molecule has 0 atom stereocenters. The fourth-order valence-corrected chi connectivity index (χ4v) is 2.57. The van der Waals surface area contributed by atoms with Gasteiger partial charge in [0, 0.05) is 32.8 Å². The number of hydrogen-bond acceptors (Lipinski definition) is 4. The lowest BCUT2D eigenvalue weighted by atomic mass is 10.1. The third kappa shape index (κ3) is 5.09. The quantitative estimate of drug-likeness (QED) is 0.844. The predicted molar refractivity (Wildman–Crippen MR) is 91.8 cm³/mol. The Bertz CT molecular complexity index is 564. The molecule has 6 heteroatoms. The molecule has 0 spiro atoms. The number of carbonyl (C=O) groups excluding carboxylic acids is 1. The molecule has 1 amide bonds. The Hall–Kier alpha value is -1.82. The van der Waals surface area contributed by atoms with E-state index in [4.69, 9.17) is 9.47 Å². The Morgan fingerprint density at radius 3 is 2.46 bits per heavy atom. The molecule has 0 radical (unpaired) electrons. The van der Waals surface area contributed by atoms with Crippen LogP contribution >= 0.6 is 0 Å². The first-order valence-electron chi connectivity index (χ1n) is 8.39. The average molecular weight is 338 g/mol. The summed E-state index contributed by atoms with van der Waals surface area (Å²) in [6, 6.07) is 5.05. The van der Waals surface area contributed by atoms with Crippen molar-refractivity contribution < 1.29 is 18.7 Å². The summed E-state index contributed by atoms with van der Waals surface area (Å²) in [7, 11) is 0. The van der Waals surface area contributed by atoms with Crippen LogP contribution in [0.1, 0.15) is 33.3 Å². The molecule has 1 aliphatic rings. The van der Waals surface area contributed by atoms with E-state index in [-0.39, 0.29) is 11.9 Å². The van der Waals surface area contributed by atoms with Crippen molar-refractivity contribution in [3.05, 3.63) is 29.6 Å². The molecule has 1 aliphatic heterocycles. The van der Waals surface area contributed by atoms with Gasteiger partial charge in [-0.2, -0.15) is 0 Å². The summed E-state index contributed by atoms with van der Waals surface area (Å²) < 4.78 is 24.9. The zero-order valence-corrected chi connectivity index (χ0v) is 15.0. The average Bonchev–Trinajstić information content (AvgIpc) is 2.52. The zero-order chi connectivity index (χ0) is 17.7. The summed E-state index contributed by atoms with van der Waals surface area (Å²) in [5.41, 5.74) is 1.01. The maximum Gasteiger partial charge on any atom is 0.410 e. The topological polar surface area (TPSA) is 42.0 Å². The molecule has 5 nitrogen and oxygen atoms in total. The molecule has 1 heterocycles. The molecule has 1 aromatic rings. The third-order valence-electron chi connectivity index (χ3n) is 3.76. The number of rotatable bonds is 4. The van der Waals surface area contributed by atoms with Crippen LogP contribution in [-0.4, -0.2) is 49.4 Å². The molecule has 24 heavy (non-hydrogen) atoms. The summed E-state index contributed by atoms with van der Waals surface area (Å²) in [5, 5.41) is 0. The van der Waals surface area contributed by atoms with Gasteiger partial charge in [-0.25, -0.2) is 9.18 Å². The van der Waals surface area contributed by atoms with Crippen LogP contribution in [0.5, 0.6) is 0 Å². The predicted octanol–water partition coefficient (Wildman–Crippen LogP) is 3.42. The van der Waals surface area contributed by atoms with Gasteiger partial charge in [0.25, 0.3) is 0 Å². The molecule has 0 aliphatic carbocycles. The number of hydrogen-bond donors (Lipinski definition) is 0. The second kappa shape index (κ2) is 7.83. The molecular weight excluding hydrogens is 311 g/mol. The van der Waals surface area contributed by atoms with Gasteiger partial charge in [-0.15, -0.1) is 0 Å². The van der Waals surface area contributed by atoms with Crippen LogP contribution in [0, 0.1) is 5.82 Å². The molecule has 0 unspecified atom stereocenters. The zero-order valence-electron chi connectivity index (χ0n) is 15.0. The van der Waals surface area contributed by atoms with Crippen molar-refractivity contribution in [3.8, 4) is 0 Å². The van der Waals surface area contributed by atoms with Gasteiger partial charge in [0.15, 0.2) is 0 Å². The number of carbonyl (C=O) groups is 1. The van der Waals surface area contributed by atoms with Crippen LogP contribution < -0.4 is 4.90 Å². The second-order valence-electron chi connectivity index (χ2n) is 6.88. The summed E-state index contributed by atoms with van der Waals surface area (Å²) in [6.45, 7) is 10.8. The van der Waals surface area contributed by atoms with Crippen molar-refractivity contribution in [2.75, 3.05) is 37.7 Å². The van der Waals surface area contributed by atoms with Crippen LogP contribution in [0.3, 0.4) is 0 Å². The Morgan fingerprint density at radius 2 is 1.88 bits per heavy atom. The van der Waals surface area contributed by atoms with E-state index >= 15 is 0 Å². The second-order valence-corrected chi connectivity index (χ2v) is 6.88. The van der Waals surface area contributed by atoms with E-state index < -0.39 is 5.60 Å². The highest BCUT2D eigenvalue weighted by Crippen LogP contribution is 2.23. The monoisotopic (exact) mass is 338 g/mol. The van der Waals surface area contributed by atoms with E-state index in [0.29, 0.717) is 45.1 Å². The first-order chi connectivity index (χ1) is 11.3. The Balaban J connectivity index is 1.98. The number of amides is 1. The molecule has 2 rings (SSSR count). The molecule has 1 aromatic carbocycles. The summed E-state index contributed by atoms with van der Waals surface area (Å²) in [6.07, 6.45) is -0.312. The van der Waals surface area contributed by atoms with Crippen molar-refractivity contribution in [2.45, 2.75) is 39.9 Å². The first-order valence-corrected chi connectivity index (χ1v) is 8.39. The lowest BCUT2D eigenvalue weighted by Gasteiger charge is -2.37. The molecule has 1 saturated heterocycles. The van der Waals surface area contributed by atoms with Gasteiger partial charge in [0.2, 0.25) is 0 Å². The van der Waals surface area contributed by atoms with Crippen molar-refractivity contribution in [2.24, 2.45) is 0 Å². The van der Waals surface area contributed by atoms with E-state index in [0.717, 1.165) is 5.56 Å². The van der Waals surface area contributed by atoms with E-state index in [2.05, 4.69) is 0 Å². The van der Waals surface area contributed by atoms with Crippen molar-refractivity contribution >= 4 is 11.8 Å². The minimum Gasteiger partial charge on any atom is -0.444 e. The van der Waals surface area contributed by atoms with Gasteiger partial charge < -0.3 is 19.3 Å². The number of piperazine rings is 1. The van der Waals surface area contributed by atoms with Crippen LogP contribution in [-0.2, 0) is 16.1 Å². The number of benzene rings is 1. The van der Waals surface area contributed by atoms with Crippen molar-refractivity contribution in [1.29, 1.82) is 0 Å². The van der Waals surface area contributed by atoms with Gasteiger partial charge in [-0.05, 0) is 45.4 Å². The maximum absolute atomic E-state index is 14.2. The molecule has 0 saturated carbocycles. The highest BCUT2D eigenvalue weighted by molar-refractivity contribution is 5.68. The minimum absolute atomic E-state index is 0.249. The Morgan fingerprint density at radius 1 is 1.21 bits per heavy atom. The smallest absolute Gasteiger partial charge is 0.410 e. The number of ether oxygens (including phenoxy) is 2. The molecule has 0 bridgehead atoms. The number of anilines is 1. The molecule has 134 valence electrons. The standard InChI is InChI=1S/C18H27FN2O3/c1-5-23-13-14-6-7-15(19)16(12-14)20-8-10-21(11-9-20)17(22)24-18(2,3)4/h6-7,12H,5,8-11,13H2,1-4H3. The Kier molecular flexibility index (Phi) is 6.04. The third-order valence-corrected chi connectivity index (χ3v) is 3.76. The molecular formula is C18H27FN2O3. The largest absolute Gasteiger partial charge is 0.444 e. The highest BCUT2D eigenvalue weighted by atomic mass is 19.1. The lowest BCUT2D eigenvalue weighted by molar-refractivity contribution is 0.0240. The SMILES string of the molecule is CCOCc1ccc(F)c(N2CCN(C(=O)OC(C)(C)C)CC2)c1. The number of nitrogens with zero attached hydrogens (tertiary/aromatic N) is 2. The van der Waals surface area contributed by atoms with Crippen LogP contribution in [0.4, 0.5) is 14.9 Å². The summed E-state index contributed by atoms with van der Waals surface area (Å²) in [4.78, 5) is 15.7. The normalized spacial score (nSPS) is 15.5. The van der Waals surface area contributed by atoms with Crippen molar-refractivity contribution in [1.82, 2.24) is 4.90 Å². The van der Waals surface area contributed by atoms with Crippen LogP contribution in [0.25, 0.3) is 0 Å². The van der Waals surface area contributed by atoms with Gasteiger partial charge in [0.05, 0.1) is 12.3 Å². The maximum atomic E-state index is 14.2. The van der Waals surface area contributed by atoms with Crippen molar-refractivity contribution in [3.63, 3.8) is 0 Å². The van der Waals surface area contributed by atoms with E-state index in [1.54, 1.807) is 11.0 Å².